The average molecular weight is 125 g/mol. The molecule has 0 saturated carbocycles. The standard InChI is InChI=1S/C5H9N4/c1-4-5(8-2-6-1)9-3-7-4/h3-6,8H,1-2H2. The summed E-state index contributed by atoms with van der Waals surface area (Å²) in [4.78, 5) is 4.11. The molecule has 2 aliphatic rings. The van der Waals surface area contributed by atoms with Gasteiger partial charge in [-0.15, -0.1) is 0 Å². The minimum absolute atomic E-state index is 0.256. The Labute approximate surface area is 53.7 Å². The lowest BCUT2D eigenvalue weighted by Crippen LogP contribution is -2.54. The molecule has 4 nitrogen and oxygen atoms in total. The third-order valence-corrected chi connectivity index (χ3v) is 1.64. The monoisotopic (exact) mass is 125 g/mol. The first-order chi connectivity index (χ1) is 4.47. The third kappa shape index (κ3) is 0.799. The van der Waals surface area contributed by atoms with E-state index in [0.29, 0.717) is 6.04 Å². The molecule has 2 heterocycles. The Morgan fingerprint density at radius 3 is 3.44 bits per heavy atom. The van der Waals surface area contributed by atoms with Crippen LogP contribution in [0.3, 0.4) is 0 Å². The van der Waals surface area contributed by atoms with Gasteiger partial charge in [0.05, 0.1) is 6.04 Å². The van der Waals surface area contributed by atoms with Gasteiger partial charge in [0.1, 0.15) is 12.5 Å². The van der Waals surface area contributed by atoms with Crippen LogP contribution in [0.2, 0.25) is 0 Å². The molecule has 2 N–H and O–H groups in total. The third-order valence-electron chi connectivity index (χ3n) is 1.64. The maximum absolute atomic E-state index is 4.14. The summed E-state index contributed by atoms with van der Waals surface area (Å²) in [5.74, 6) is 0. The van der Waals surface area contributed by atoms with Crippen molar-refractivity contribution in [3.05, 3.63) is 0 Å². The molecule has 1 saturated heterocycles. The van der Waals surface area contributed by atoms with E-state index in [1.807, 2.05) is 0 Å². The summed E-state index contributed by atoms with van der Waals surface area (Å²) in [6, 6.07) is 0.346. The molecule has 4 heteroatoms. The number of hydrogen-bond donors (Lipinski definition) is 2. The molecule has 2 unspecified atom stereocenters. The predicted molar refractivity (Wildman–Crippen MR) is 34.2 cm³/mol. The maximum atomic E-state index is 4.14. The fraction of sp³-hybridized carbons (Fsp3) is 0.800. The summed E-state index contributed by atoms with van der Waals surface area (Å²) in [6.07, 6.45) is 1.90. The molecule has 0 aromatic carbocycles. The zero-order chi connectivity index (χ0) is 6.10. The average Bonchev–Trinajstić information content (AvgIpc) is 2.33. The van der Waals surface area contributed by atoms with Crippen molar-refractivity contribution in [3.63, 3.8) is 0 Å². The van der Waals surface area contributed by atoms with Gasteiger partial charge < -0.3 is 5.32 Å². The number of nitrogens with one attached hydrogen (secondary N) is 2. The highest BCUT2D eigenvalue weighted by Crippen LogP contribution is 2.03. The van der Waals surface area contributed by atoms with Gasteiger partial charge in [0.2, 0.25) is 0 Å². The van der Waals surface area contributed by atoms with E-state index in [4.69, 9.17) is 0 Å². The second kappa shape index (κ2) is 1.97. The largest absolute Gasteiger partial charge is 0.302 e. The van der Waals surface area contributed by atoms with Crippen molar-refractivity contribution in [1.82, 2.24) is 16.0 Å². The molecule has 2 aliphatic heterocycles. The van der Waals surface area contributed by atoms with Gasteiger partial charge in [0.25, 0.3) is 0 Å². The molecule has 2 atom stereocenters. The first-order valence-electron chi connectivity index (χ1n) is 3.12. The fourth-order valence-corrected chi connectivity index (χ4v) is 1.13. The van der Waals surface area contributed by atoms with Gasteiger partial charge in [-0.2, -0.15) is 0 Å². The molecule has 0 aliphatic carbocycles. The molecule has 0 aromatic heterocycles. The van der Waals surface area contributed by atoms with E-state index in [1.54, 1.807) is 6.34 Å². The van der Waals surface area contributed by atoms with Crippen LogP contribution in [0.1, 0.15) is 0 Å². The van der Waals surface area contributed by atoms with Gasteiger partial charge in [-0.05, 0) is 0 Å². The smallest absolute Gasteiger partial charge is 0.126 e. The number of fused-ring (bicyclic) bond motifs is 1. The van der Waals surface area contributed by atoms with Gasteiger partial charge in [0.15, 0.2) is 0 Å². The number of nitrogens with zero attached hydrogens (tertiary/aromatic N) is 2. The van der Waals surface area contributed by atoms with Crippen LogP contribution in [0.5, 0.6) is 0 Å². The Hall–Kier alpha value is -0.610. The lowest BCUT2D eigenvalue weighted by Gasteiger charge is -2.24. The Morgan fingerprint density at radius 1 is 1.56 bits per heavy atom. The number of hydrogen-bond acceptors (Lipinski definition) is 3. The first kappa shape index (κ1) is 5.20. The summed E-state index contributed by atoms with van der Waals surface area (Å²) in [5, 5.41) is 10.5. The topological polar surface area (TPSA) is 50.5 Å². The van der Waals surface area contributed by atoms with Crippen LogP contribution in [0.25, 0.3) is 0 Å². The van der Waals surface area contributed by atoms with Crippen LogP contribution >= 0.6 is 0 Å². The van der Waals surface area contributed by atoms with Crippen molar-refractivity contribution in [2.24, 2.45) is 4.99 Å². The summed E-state index contributed by atoms with van der Waals surface area (Å²) in [5.41, 5.74) is 0. The molecular weight excluding hydrogens is 116 g/mol. The Kier molecular flexibility index (Phi) is 1.13. The van der Waals surface area contributed by atoms with Crippen LogP contribution in [0.4, 0.5) is 0 Å². The molecule has 0 amide bonds. The molecule has 1 radical (unpaired) electrons. The Balaban J connectivity index is 2.03. The van der Waals surface area contributed by atoms with Crippen LogP contribution in [0, 0.1) is 0 Å². The molecule has 0 bridgehead atoms. The normalized spacial score (nSPS) is 40.0. The fourth-order valence-electron chi connectivity index (χ4n) is 1.13. The van der Waals surface area contributed by atoms with Gasteiger partial charge >= 0.3 is 0 Å². The molecule has 0 aromatic rings. The lowest BCUT2D eigenvalue weighted by molar-refractivity contribution is 0.350. The highest BCUT2D eigenvalue weighted by atomic mass is 15.3. The predicted octanol–water partition coefficient (Wildman–Crippen LogP) is -1.52. The van der Waals surface area contributed by atoms with E-state index in [0.717, 1.165) is 13.2 Å². The molecule has 9 heavy (non-hydrogen) atoms. The van der Waals surface area contributed by atoms with Crippen LogP contribution in [-0.4, -0.2) is 31.8 Å². The molecule has 0 spiro atoms. The minimum Gasteiger partial charge on any atom is -0.302 e. The Bertz CT molecular complexity index is 133. The zero-order valence-corrected chi connectivity index (χ0v) is 5.04. The second-order valence-corrected chi connectivity index (χ2v) is 2.26. The summed E-state index contributed by atoms with van der Waals surface area (Å²) in [6.45, 7) is 1.81. The SMILES string of the molecule is C1=NC2NCNCC2[N]1. The lowest BCUT2D eigenvalue weighted by atomic mass is 10.2. The summed E-state index contributed by atoms with van der Waals surface area (Å²) < 4.78 is 0. The highest BCUT2D eigenvalue weighted by molar-refractivity contribution is 5.57. The van der Waals surface area contributed by atoms with Gasteiger partial charge in [-0.25, -0.2) is 0 Å². The summed E-state index contributed by atoms with van der Waals surface area (Å²) in [7, 11) is 0. The molecule has 2 rings (SSSR count). The van der Waals surface area contributed by atoms with E-state index in [1.165, 1.54) is 0 Å². The van der Waals surface area contributed by atoms with Crippen molar-refractivity contribution in [1.29, 1.82) is 0 Å². The molecule has 49 valence electrons. The van der Waals surface area contributed by atoms with E-state index in [9.17, 15) is 0 Å². The number of rotatable bonds is 0. The highest BCUT2D eigenvalue weighted by Gasteiger charge is 2.27. The van der Waals surface area contributed by atoms with E-state index >= 15 is 0 Å². The quantitative estimate of drug-likeness (QED) is 0.413. The summed E-state index contributed by atoms with van der Waals surface area (Å²) >= 11 is 0. The van der Waals surface area contributed by atoms with Gasteiger partial charge in [-0.1, -0.05) is 0 Å². The van der Waals surface area contributed by atoms with E-state index in [2.05, 4.69) is 20.9 Å². The van der Waals surface area contributed by atoms with Crippen LogP contribution in [-0.2, 0) is 0 Å². The second-order valence-electron chi connectivity index (χ2n) is 2.26. The van der Waals surface area contributed by atoms with Crippen LogP contribution < -0.4 is 16.0 Å². The molecule has 1 fully saturated rings. The Morgan fingerprint density at radius 2 is 2.56 bits per heavy atom. The first-order valence-corrected chi connectivity index (χ1v) is 3.12. The van der Waals surface area contributed by atoms with Gasteiger partial charge in [-0.3, -0.25) is 15.6 Å². The molecular formula is C5H9N4. The van der Waals surface area contributed by atoms with Crippen LogP contribution in [0.15, 0.2) is 4.99 Å². The minimum atomic E-state index is 0.256. The van der Waals surface area contributed by atoms with Crippen molar-refractivity contribution in [2.45, 2.75) is 12.2 Å². The van der Waals surface area contributed by atoms with Crippen molar-refractivity contribution >= 4 is 6.34 Å². The maximum Gasteiger partial charge on any atom is 0.126 e. The zero-order valence-electron chi connectivity index (χ0n) is 5.04. The van der Waals surface area contributed by atoms with Crippen molar-refractivity contribution in [2.75, 3.05) is 13.2 Å². The van der Waals surface area contributed by atoms with Crippen molar-refractivity contribution < 1.29 is 0 Å². The van der Waals surface area contributed by atoms with Gasteiger partial charge in [0, 0.05) is 13.2 Å². The van der Waals surface area contributed by atoms with E-state index in [-0.39, 0.29) is 6.17 Å². The van der Waals surface area contributed by atoms with Crippen molar-refractivity contribution in [3.8, 4) is 0 Å². The van der Waals surface area contributed by atoms with E-state index < -0.39 is 0 Å². The number of aliphatic imine (C=N–C) groups is 1.